The second-order valence-electron chi connectivity index (χ2n) is 0.735. The molecule has 4 nitrogen and oxygen atoms in total. The largest absolute Gasteiger partial charge is 0.178 e. The third kappa shape index (κ3) is 0.435. The normalized spacial score (nSPS) is 8.83. The summed E-state index contributed by atoms with van der Waals surface area (Å²) in [5.41, 5.74) is 0.481. The Hall–Kier alpha value is -0.713. The number of tetrazole rings is 1. The Morgan fingerprint density at radius 3 is 2.67 bits per heavy atom. The Bertz CT molecular complexity index is 111. The Morgan fingerprint density at radius 1 is 1.67 bits per heavy atom. The molecule has 3 radical (unpaired) electrons. The standard InChI is InChI=1S/CHN4Si/c6-1-2-4-5-3-1/h(H,2,3,4,5). The quantitative estimate of drug-likeness (QED) is 0.381. The highest BCUT2D eigenvalue weighted by molar-refractivity contribution is 6.28. The number of H-pyrrole nitrogens is 1. The number of nitrogens with zero attached hydrogens (tertiary/aromatic N) is 3. The van der Waals surface area contributed by atoms with Gasteiger partial charge in [-0.2, -0.15) is 5.21 Å². The summed E-state index contributed by atoms with van der Waals surface area (Å²) in [6, 6.07) is 0. The molecule has 1 rings (SSSR count). The van der Waals surface area contributed by atoms with Gasteiger partial charge in [-0.3, -0.25) is 0 Å². The molecule has 6 heavy (non-hydrogen) atoms. The molecule has 0 unspecified atom stereocenters. The van der Waals surface area contributed by atoms with Gasteiger partial charge in [0.2, 0.25) is 0 Å². The molecule has 1 heterocycles. The van der Waals surface area contributed by atoms with Crippen LogP contribution in [-0.2, 0) is 0 Å². The second-order valence-corrected chi connectivity index (χ2v) is 1.18. The maximum Gasteiger partial charge on any atom is 0.144 e. The Kier molecular flexibility index (Phi) is 0.679. The first-order valence-corrected chi connectivity index (χ1v) is 1.84. The van der Waals surface area contributed by atoms with Crippen LogP contribution in [0, 0.1) is 0 Å². The molecule has 5 heteroatoms. The minimum absolute atomic E-state index is 0.481. The summed E-state index contributed by atoms with van der Waals surface area (Å²) in [6.07, 6.45) is 0. The number of hydrogen-bond acceptors (Lipinski definition) is 3. The summed E-state index contributed by atoms with van der Waals surface area (Å²) >= 11 is 0. The van der Waals surface area contributed by atoms with Crippen LogP contribution < -0.4 is 5.45 Å². The van der Waals surface area contributed by atoms with E-state index >= 15 is 0 Å². The van der Waals surface area contributed by atoms with E-state index in [0.29, 0.717) is 5.45 Å². The molecule has 1 N–H and O–H groups in total. The zero-order valence-corrected chi connectivity index (χ0v) is 3.84. The smallest absolute Gasteiger partial charge is 0.144 e. The monoisotopic (exact) mass is 97.0 g/mol. The van der Waals surface area contributed by atoms with Crippen LogP contribution in [0.25, 0.3) is 0 Å². The van der Waals surface area contributed by atoms with E-state index in [1.54, 1.807) is 0 Å². The van der Waals surface area contributed by atoms with Crippen LogP contribution in [0.2, 0.25) is 0 Å². The minimum Gasteiger partial charge on any atom is -0.178 e. The molecule has 0 aromatic carbocycles. The lowest BCUT2D eigenvalue weighted by atomic mass is 11.4. The van der Waals surface area contributed by atoms with Crippen LogP contribution in [0.15, 0.2) is 0 Å². The van der Waals surface area contributed by atoms with Crippen LogP contribution >= 0.6 is 0 Å². The van der Waals surface area contributed by atoms with Crippen LogP contribution in [-0.4, -0.2) is 30.9 Å². The molecule has 0 saturated heterocycles. The highest BCUT2D eigenvalue weighted by Gasteiger charge is 1.78. The van der Waals surface area contributed by atoms with E-state index < -0.39 is 0 Å². The molecule has 0 spiro atoms. The molecule has 0 saturated carbocycles. The van der Waals surface area contributed by atoms with Crippen LogP contribution in [0.1, 0.15) is 0 Å². The average molecular weight is 97.1 g/mol. The first kappa shape index (κ1) is 3.48. The van der Waals surface area contributed by atoms with Gasteiger partial charge in [-0.15, -0.1) is 10.2 Å². The van der Waals surface area contributed by atoms with Crippen LogP contribution in [0.3, 0.4) is 0 Å². The van der Waals surface area contributed by atoms with Crippen molar-refractivity contribution in [2.24, 2.45) is 0 Å². The number of rotatable bonds is 0. The van der Waals surface area contributed by atoms with E-state index in [4.69, 9.17) is 0 Å². The van der Waals surface area contributed by atoms with Crippen molar-refractivity contribution in [1.82, 2.24) is 20.6 Å². The van der Waals surface area contributed by atoms with Gasteiger partial charge in [-0.1, -0.05) is 5.21 Å². The first-order valence-electron chi connectivity index (χ1n) is 1.34. The highest BCUT2D eigenvalue weighted by Crippen LogP contribution is 1.39. The van der Waals surface area contributed by atoms with Gasteiger partial charge >= 0.3 is 0 Å². The zero-order valence-electron chi connectivity index (χ0n) is 2.84. The summed E-state index contributed by atoms with van der Waals surface area (Å²) in [5, 5.41) is 12.5. The number of aromatic nitrogens is 4. The Balaban J connectivity index is 3.05. The van der Waals surface area contributed by atoms with Gasteiger partial charge in [-0.05, 0) is 0 Å². The van der Waals surface area contributed by atoms with Crippen molar-refractivity contribution in [2.45, 2.75) is 0 Å². The van der Waals surface area contributed by atoms with Crippen molar-refractivity contribution in [2.75, 3.05) is 0 Å². The topological polar surface area (TPSA) is 54.5 Å². The fourth-order valence-electron chi connectivity index (χ4n) is 0.162. The van der Waals surface area contributed by atoms with Gasteiger partial charge in [0.25, 0.3) is 0 Å². The van der Waals surface area contributed by atoms with Crippen molar-refractivity contribution in [3.8, 4) is 0 Å². The molecule has 0 amide bonds. The van der Waals surface area contributed by atoms with Crippen molar-refractivity contribution in [3.63, 3.8) is 0 Å². The first-order chi connectivity index (χ1) is 2.89. The van der Waals surface area contributed by atoms with Gasteiger partial charge in [0, 0.05) is 0 Å². The molecule has 0 atom stereocenters. The van der Waals surface area contributed by atoms with Crippen LogP contribution in [0.4, 0.5) is 0 Å². The van der Waals surface area contributed by atoms with Gasteiger partial charge in [0.05, 0.1) is 0 Å². The third-order valence-corrected chi connectivity index (χ3v) is 0.557. The zero-order chi connectivity index (χ0) is 4.41. The highest BCUT2D eigenvalue weighted by atomic mass is 28.1. The summed E-state index contributed by atoms with van der Waals surface area (Å²) in [7, 11) is 3.01. The Labute approximate surface area is 37.4 Å². The summed E-state index contributed by atoms with van der Waals surface area (Å²) in [6.45, 7) is 0. The fraction of sp³-hybridized carbons (Fsp3) is 0. The van der Waals surface area contributed by atoms with Crippen molar-refractivity contribution < 1.29 is 0 Å². The van der Waals surface area contributed by atoms with E-state index in [0.717, 1.165) is 0 Å². The van der Waals surface area contributed by atoms with E-state index in [2.05, 4.69) is 30.9 Å². The molecule has 1 aromatic heterocycles. The molecule has 0 aliphatic carbocycles. The van der Waals surface area contributed by atoms with Crippen LogP contribution in [0.5, 0.6) is 0 Å². The molecule has 0 bridgehead atoms. The van der Waals surface area contributed by atoms with Gasteiger partial charge < -0.3 is 0 Å². The maximum absolute atomic E-state index is 3.48. The van der Waals surface area contributed by atoms with Gasteiger partial charge in [0.15, 0.2) is 0 Å². The van der Waals surface area contributed by atoms with E-state index in [1.807, 2.05) is 0 Å². The lowest BCUT2D eigenvalue weighted by Gasteiger charge is -1.59. The average Bonchev–Trinajstić information content (AvgIpc) is 1.86. The van der Waals surface area contributed by atoms with Crippen molar-refractivity contribution in [3.05, 3.63) is 0 Å². The second kappa shape index (κ2) is 1.17. The number of nitrogens with one attached hydrogen (secondary N) is 1. The molecular weight excluding hydrogens is 96.1 g/mol. The molecule has 0 fully saturated rings. The van der Waals surface area contributed by atoms with Gasteiger partial charge in [0.1, 0.15) is 15.7 Å². The minimum atomic E-state index is 0.481. The Morgan fingerprint density at radius 2 is 2.50 bits per heavy atom. The fourth-order valence-corrected chi connectivity index (χ4v) is 0.262. The van der Waals surface area contributed by atoms with E-state index in [-0.39, 0.29) is 0 Å². The SMILES string of the molecule is [Si]c1nn[nH]n1. The maximum atomic E-state index is 3.48. The molecule has 0 aliphatic heterocycles. The number of aromatic amines is 1. The van der Waals surface area contributed by atoms with Crippen molar-refractivity contribution in [1.29, 1.82) is 0 Å². The molecule has 0 aliphatic rings. The summed E-state index contributed by atoms with van der Waals surface area (Å²) < 4.78 is 0. The molecule has 1 aromatic rings. The van der Waals surface area contributed by atoms with E-state index in [9.17, 15) is 0 Å². The summed E-state index contributed by atoms with van der Waals surface area (Å²) in [4.78, 5) is 0. The number of hydrogen-bond donors (Lipinski definition) is 1. The van der Waals surface area contributed by atoms with Gasteiger partial charge in [-0.25, -0.2) is 0 Å². The lowest BCUT2D eigenvalue weighted by molar-refractivity contribution is 0.881. The molecular formula is CHN4Si. The molecule has 29 valence electrons. The van der Waals surface area contributed by atoms with Crippen molar-refractivity contribution >= 4 is 15.7 Å². The summed E-state index contributed by atoms with van der Waals surface area (Å²) in [5.74, 6) is 0. The predicted octanol–water partition coefficient (Wildman–Crippen LogP) is -2.01. The third-order valence-electron chi connectivity index (χ3n) is 0.345. The van der Waals surface area contributed by atoms with E-state index in [1.165, 1.54) is 0 Å². The predicted molar refractivity (Wildman–Crippen MR) is 19.6 cm³/mol. The lowest BCUT2D eigenvalue weighted by Crippen LogP contribution is -2.05.